The molecule has 0 amide bonds. The van der Waals surface area contributed by atoms with Crippen molar-refractivity contribution in [3.05, 3.63) is 35.2 Å². The Morgan fingerprint density at radius 1 is 1.27 bits per heavy atom. The number of hydrogen-bond acceptors (Lipinski definition) is 5. The molecule has 22 heavy (non-hydrogen) atoms. The summed E-state index contributed by atoms with van der Waals surface area (Å²) in [6.07, 6.45) is 0. The van der Waals surface area contributed by atoms with Gasteiger partial charge in [0.1, 0.15) is 4.90 Å². The number of hydrogen-bond donors (Lipinski definition) is 1. The fraction of sp³-hybridized carbons (Fsp3) is 0.357. The average Bonchev–Trinajstić information content (AvgIpc) is 3.05. The lowest BCUT2D eigenvalue weighted by atomic mass is 10.2. The third-order valence-electron chi connectivity index (χ3n) is 3.57. The summed E-state index contributed by atoms with van der Waals surface area (Å²) in [5.41, 5.74) is 1.83. The maximum absolute atomic E-state index is 12.7. The number of fused-ring (bicyclic) bond motifs is 1. The monoisotopic (exact) mass is 323 g/mol. The highest BCUT2D eigenvalue weighted by atomic mass is 32.2. The number of sulfonamides is 1. The molecule has 2 heterocycles. The third-order valence-corrected chi connectivity index (χ3v) is 5.64. The van der Waals surface area contributed by atoms with Crippen LogP contribution in [0.15, 0.2) is 23.1 Å². The molecule has 0 spiro atoms. The standard InChI is InChI=1S/C14H17N3O4S/c1-9-14(10(2)16-15-9)22(18,19)17(3)7-11-4-5-12-13(6-11)21-8-20-12/h4-6H,7-8H2,1-3H3,(H,15,16). The van der Waals surface area contributed by atoms with Gasteiger partial charge in [-0.2, -0.15) is 9.40 Å². The van der Waals surface area contributed by atoms with E-state index in [1.165, 1.54) is 4.31 Å². The first kappa shape index (κ1) is 14.9. The van der Waals surface area contributed by atoms with Crippen LogP contribution in [0.5, 0.6) is 11.5 Å². The van der Waals surface area contributed by atoms with Crippen molar-refractivity contribution in [1.29, 1.82) is 0 Å². The Bertz CT molecular complexity index is 794. The number of aromatic nitrogens is 2. The van der Waals surface area contributed by atoms with Crippen molar-refractivity contribution in [2.75, 3.05) is 13.8 Å². The molecule has 0 aliphatic carbocycles. The molecule has 3 rings (SSSR count). The molecular formula is C14H17N3O4S. The van der Waals surface area contributed by atoms with Gasteiger partial charge in [-0.3, -0.25) is 5.10 Å². The van der Waals surface area contributed by atoms with E-state index in [9.17, 15) is 8.42 Å². The molecule has 0 fully saturated rings. The summed E-state index contributed by atoms with van der Waals surface area (Å²) >= 11 is 0. The van der Waals surface area contributed by atoms with E-state index in [0.29, 0.717) is 22.9 Å². The number of H-pyrrole nitrogens is 1. The molecule has 118 valence electrons. The molecule has 1 aliphatic rings. The maximum atomic E-state index is 12.7. The van der Waals surface area contributed by atoms with Gasteiger partial charge in [-0.15, -0.1) is 0 Å². The van der Waals surface area contributed by atoms with E-state index < -0.39 is 10.0 Å². The summed E-state index contributed by atoms with van der Waals surface area (Å²) in [5, 5.41) is 6.66. The quantitative estimate of drug-likeness (QED) is 0.923. The molecule has 8 heteroatoms. The molecule has 7 nitrogen and oxygen atoms in total. The van der Waals surface area contributed by atoms with Gasteiger partial charge in [-0.1, -0.05) is 6.07 Å². The summed E-state index contributed by atoms with van der Waals surface area (Å²) in [5.74, 6) is 1.31. The van der Waals surface area contributed by atoms with Crippen molar-refractivity contribution in [3.63, 3.8) is 0 Å². The average molecular weight is 323 g/mol. The maximum Gasteiger partial charge on any atom is 0.246 e. The minimum absolute atomic E-state index is 0.195. The van der Waals surface area contributed by atoms with Crippen molar-refractivity contribution in [1.82, 2.24) is 14.5 Å². The van der Waals surface area contributed by atoms with Crippen LogP contribution in [0.4, 0.5) is 0 Å². The highest BCUT2D eigenvalue weighted by molar-refractivity contribution is 7.89. The van der Waals surface area contributed by atoms with Crippen LogP contribution in [-0.2, 0) is 16.6 Å². The zero-order valence-corrected chi connectivity index (χ0v) is 13.4. The van der Waals surface area contributed by atoms with Crippen molar-refractivity contribution in [2.24, 2.45) is 0 Å². The van der Waals surface area contributed by atoms with Gasteiger partial charge in [0, 0.05) is 13.6 Å². The fourth-order valence-electron chi connectivity index (χ4n) is 2.46. The van der Waals surface area contributed by atoms with E-state index in [1.54, 1.807) is 33.0 Å². The van der Waals surface area contributed by atoms with Crippen LogP contribution in [0.25, 0.3) is 0 Å². The predicted octanol–water partition coefficient (Wildman–Crippen LogP) is 1.58. The Morgan fingerprint density at radius 3 is 2.68 bits per heavy atom. The molecule has 1 aromatic heterocycles. The van der Waals surface area contributed by atoms with Crippen molar-refractivity contribution in [2.45, 2.75) is 25.3 Å². The number of nitrogens with one attached hydrogen (secondary N) is 1. The first-order valence-corrected chi connectivity index (χ1v) is 8.20. The zero-order valence-electron chi connectivity index (χ0n) is 12.6. The van der Waals surface area contributed by atoms with Gasteiger partial charge in [-0.05, 0) is 31.5 Å². The molecule has 0 atom stereocenters. The third kappa shape index (κ3) is 2.44. The van der Waals surface area contributed by atoms with E-state index in [1.807, 2.05) is 6.07 Å². The molecule has 1 N–H and O–H groups in total. The second-order valence-electron chi connectivity index (χ2n) is 5.21. The van der Waals surface area contributed by atoms with Gasteiger partial charge >= 0.3 is 0 Å². The number of benzene rings is 1. The van der Waals surface area contributed by atoms with E-state index in [0.717, 1.165) is 5.56 Å². The molecular weight excluding hydrogens is 306 g/mol. The van der Waals surface area contributed by atoms with Gasteiger partial charge in [0.2, 0.25) is 16.8 Å². The highest BCUT2D eigenvalue weighted by Crippen LogP contribution is 2.33. The number of aromatic amines is 1. The van der Waals surface area contributed by atoms with Gasteiger partial charge in [-0.25, -0.2) is 8.42 Å². The lowest BCUT2D eigenvalue weighted by Gasteiger charge is -2.17. The van der Waals surface area contributed by atoms with Crippen LogP contribution in [0.3, 0.4) is 0 Å². The molecule has 1 aliphatic heterocycles. The Morgan fingerprint density at radius 2 is 2.00 bits per heavy atom. The summed E-state index contributed by atoms with van der Waals surface area (Å²) in [7, 11) is -2.05. The Labute approximate surface area is 128 Å². The SMILES string of the molecule is Cc1n[nH]c(C)c1S(=O)(=O)N(C)Cc1ccc2c(c1)OCO2. The molecule has 1 aromatic carbocycles. The second-order valence-corrected chi connectivity index (χ2v) is 7.19. The van der Waals surface area contributed by atoms with Crippen molar-refractivity contribution >= 4 is 10.0 Å². The Kier molecular flexibility index (Phi) is 3.57. The number of ether oxygens (including phenoxy) is 2. The summed E-state index contributed by atoms with van der Waals surface area (Å²) in [4.78, 5) is 0.232. The molecule has 0 bridgehead atoms. The predicted molar refractivity (Wildman–Crippen MR) is 79.3 cm³/mol. The zero-order chi connectivity index (χ0) is 15.9. The van der Waals surface area contributed by atoms with Crippen LogP contribution in [0.2, 0.25) is 0 Å². The van der Waals surface area contributed by atoms with Gasteiger partial charge < -0.3 is 9.47 Å². The Balaban J connectivity index is 1.86. The highest BCUT2D eigenvalue weighted by Gasteiger charge is 2.27. The van der Waals surface area contributed by atoms with E-state index in [-0.39, 0.29) is 18.2 Å². The van der Waals surface area contributed by atoms with E-state index in [4.69, 9.17) is 9.47 Å². The summed E-state index contributed by atoms with van der Waals surface area (Å²) < 4.78 is 37.2. The Hall–Kier alpha value is -2.06. The van der Waals surface area contributed by atoms with Gasteiger partial charge in [0.05, 0.1) is 11.4 Å². The largest absolute Gasteiger partial charge is 0.454 e. The van der Waals surface area contributed by atoms with Crippen LogP contribution < -0.4 is 9.47 Å². The normalized spacial score (nSPS) is 13.8. The van der Waals surface area contributed by atoms with Crippen molar-refractivity contribution in [3.8, 4) is 11.5 Å². The second kappa shape index (κ2) is 5.29. The van der Waals surface area contributed by atoms with Crippen LogP contribution in [0.1, 0.15) is 17.0 Å². The minimum Gasteiger partial charge on any atom is -0.454 e. The summed E-state index contributed by atoms with van der Waals surface area (Å²) in [6.45, 7) is 3.80. The van der Waals surface area contributed by atoms with Gasteiger partial charge in [0.15, 0.2) is 11.5 Å². The van der Waals surface area contributed by atoms with E-state index >= 15 is 0 Å². The number of nitrogens with zero attached hydrogens (tertiary/aromatic N) is 2. The molecule has 2 aromatic rings. The lowest BCUT2D eigenvalue weighted by molar-refractivity contribution is 0.174. The first-order chi connectivity index (χ1) is 10.4. The molecule has 0 saturated carbocycles. The molecule has 0 unspecified atom stereocenters. The topological polar surface area (TPSA) is 84.5 Å². The number of aryl methyl sites for hydroxylation is 2. The lowest BCUT2D eigenvalue weighted by Crippen LogP contribution is -2.27. The van der Waals surface area contributed by atoms with Crippen molar-refractivity contribution < 1.29 is 17.9 Å². The molecule has 0 radical (unpaired) electrons. The van der Waals surface area contributed by atoms with E-state index in [2.05, 4.69) is 10.2 Å². The first-order valence-electron chi connectivity index (χ1n) is 6.76. The number of rotatable bonds is 4. The summed E-state index contributed by atoms with van der Waals surface area (Å²) in [6, 6.07) is 5.41. The fourth-order valence-corrected chi connectivity index (χ4v) is 3.94. The van der Waals surface area contributed by atoms with Crippen LogP contribution in [-0.4, -0.2) is 36.8 Å². The van der Waals surface area contributed by atoms with Crippen LogP contribution >= 0.6 is 0 Å². The molecule has 0 saturated heterocycles. The van der Waals surface area contributed by atoms with Crippen LogP contribution in [0, 0.1) is 13.8 Å². The smallest absolute Gasteiger partial charge is 0.246 e. The minimum atomic E-state index is -3.60. The van der Waals surface area contributed by atoms with Gasteiger partial charge in [0.25, 0.3) is 0 Å².